The first kappa shape index (κ1) is 10.0. The minimum absolute atomic E-state index is 0.133. The zero-order chi connectivity index (χ0) is 11.0. The predicted octanol–water partition coefficient (Wildman–Crippen LogP) is 1.03. The maximum absolute atomic E-state index is 13.3. The van der Waals surface area contributed by atoms with Gasteiger partial charge >= 0.3 is 0 Å². The fourth-order valence-corrected chi connectivity index (χ4v) is 1.70. The second-order valence-corrected chi connectivity index (χ2v) is 3.54. The number of halogens is 2. The summed E-state index contributed by atoms with van der Waals surface area (Å²) in [5.74, 6) is -1.82. The SMILES string of the molecule is N[C@@H]1CC(=O)N(c2c(F)cccc2F)C1. The van der Waals surface area contributed by atoms with Crippen LogP contribution in [0, 0.1) is 11.6 Å². The summed E-state index contributed by atoms with van der Waals surface area (Å²) in [5, 5.41) is 0. The molecular weight excluding hydrogens is 202 g/mol. The monoisotopic (exact) mass is 212 g/mol. The fourth-order valence-electron chi connectivity index (χ4n) is 1.70. The lowest BCUT2D eigenvalue weighted by molar-refractivity contribution is -0.117. The van der Waals surface area contributed by atoms with Crippen molar-refractivity contribution in [1.82, 2.24) is 0 Å². The van der Waals surface area contributed by atoms with Crippen molar-refractivity contribution in [3.63, 3.8) is 0 Å². The third-order valence-corrected chi connectivity index (χ3v) is 2.36. The van der Waals surface area contributed by atoms with Crippen LogP contribution < -0.4 is 10.6 Å². The molecule has 1 atom stereocenters. The summed E-state index contributed by atoms with van der Waals surface area (Å²) in [4.78, 5) is 12.5. The van der Waals surface area contributed by atoms with Gasteiger partial charge in [0.05, 0.1) is 0 Å². The molecule has 2 rings (SSSR count). The molecule has 1 aliphatic rings. The normalized spacial score (nSPS) is 21.1. The zero-order valence-corrected chi connectivity index (χ0v) is 7.91. The van der Waals surface area contributed by atoms with E-state index in [1.165, 1.54) is 6.07 Å². The average molecular weight is 212 g/mol. The van der Waals surface area contributed by atoms with Gasteiger partial charge in [-0.3, -0.25) is 4.79 Å². The Balaban J connectivity index is 2.41. The molecule has 0 saturated carbocycles. The molecule has 1 aromatic carbocycles. The molecule has 3 nitrogen and oxygen atoms in total. The molecule has 2 N–H and O–H groups in total. The first-order valence-corrected chi connectivity index (χ1v) is 4.59. The van der Waals surface area contributed by atoms with Crippen LogP contribution in [0.2, 0.25) is 0 Å². The van der Waals surface area contributed by atoms with Crippen LogP contribution in [0.15, 0.2) is 18.2 Å². The van der Waals surface area contributed by atoms with Crippen LogP contribution in [0.25, 0.3) is 0 Å². The fraction of sp³-hybridized carbons (Fsp3) is 0.300. The second-order valence-electron chi connectivity index (χ2n) is 3.54. The van der Waals surface area contributed by atoms with E-state index in [1.807, 2.05) is 0 Å². The summed E-state index contributed by atoms with van der Waals surface area (Å²) in [7, 11) is 0. The lowest BCUT2D eigenvalue weighted by Gasteiger charge is -2.17. The molecule has 0 radical (unpaired) electrons. The highest BCUT2D eigenvalue weighted by atomic mass is 19.1. The maximum atomic E-state index is 13.3. The number of nitrogens with zero attached hydrogens (tertiary/aromatic N) is 1. The van der Waals surface area contributed by atoms with E-state index in [4.69, 9.17) is 5.73 Å². The van der Waals surface area contributed by atoms with Crippen LogP contribution in [0.1, 0.15) is 6.42 Å². The van der Waals surface area contributed by atoms with Gasteiger partial charge in [0.25, 0.3) is 0 Å². The van der Waals surface area contributed by atoms with Gasteiger partial charge < -0.3 is 10.6 Å². The van der Waals surface area contributed by atoms with Gasteiger partial charge in [0.1, 0.15) is 17.3 Å². The van der Waals surface area contributed by atoms with Gasteiger partial charge in [0, 0.05) is 19.0 Å². The molecule has 1 aliphatic heterocycles. The van der Waals surface area contributed by atoms with E-state index in [1.54, 1.807) is 0 Å². The van der Waals surface area contributed by atoms with Gasteiger partial charge in [-0.25, -0.2) is 8.78 Å². The predicted molar refractivity (Wildman–Crippen MR) is 51.3 cm³/mol. The van der Waals surface area contributed by atoms with Crippen molar-refractivity contribution in [2.45, 2.75) is 12.5 Å². The summed E-state index contributed by atoms with van der Waals surface area (Å²) < 4.78 is 26.7. The van der Waals surface area contributed by atoms with Crippen LogP contribution in [0.4, 0.5) is 14.5 Å². The number of hydrogen-bond acceptors (Lipinski definition) is 2. The van der Waals surface area contributed by atoms with E-state index in [0.29, 0.717) is 0 Å². The van der Waals surface area contributed by atoms with Crippen molar-refractivity contribution in [3.8, 4) is 0 Å². The third kappa shape index (κ3) is 1.70. The Morgan fingerprint density at radius 3 is 2.40 bits per heavy atom. The molecule has 0 unspecified atom stereocenters. The van der Waals surface area contributed by atoms with Crippen LogP contribution in [-0.2, 0) is 4.79 Å². The minimum atomic E-state index is -0.738. The van der Waals surface area contributed by atoms with E-state index in [0.717, 1.165) is 17.0 Å². The van der Waals surface area contributed by atoms with E-state index < -0.39 is 11.6 Å². The number of carbonyl (C=O) groups excluding carboxylic acids is 1. The van der Waals surface area contributed by atoms with E-state index in [-0.39, 0.29) is 30.6 Å². The average Bonchev–Trinajstić information content (AvgIpc) is 2.45. The van der Waals surface area contributed by atoms with Gasteiger partial charge in [0.2, 0.25) is 5.91 Å². The molecule has 0 aromatic heterocycles. The smallest absolute Gasteiger partial charge is 0.228 e. The Morgan fingerprint density at radius 2 is 1.93 bits per heavy atom. The lowest BCUT2D eigenvalue weighted by Crippen LogP contribution is -2.29. The summed E-state index contributed by atoms with van der Waals surface area (Å²) in [6.45, 7) is 0.163. The number of anilines is 1. The quantitative estimate of drug-likeness (QED) is 0.755. The van der Waals surface area contributed by atoms with Crippen molar-refractivity contribution in [1.29, 1.82) is 0 Å². The Bertz CT molecular complexity index is 388. The van der Waals surface area contributed by atoms with E-state index >= 15 is 0 Å². The van der Waals surface area contributed by atoms with Crippen LogP contribution in [-0.4, -0.2) is 18.5 Å². The Kier molecular flexibility index (Phi) is 2.40. The van der Waals surface area contributed by atoms with Crippen LogP contribution >= 0.6 is 0 Å². The number of nitrogens with two attached hydrogens (primary N) is 1. The van der Waals surface area contributed by atoms with E-state index in [2.05, 4.69) is 0 Å². The third-order valence-electron chi connectivity index (χ3n) is 2.36. The standard InChI is InChI=1S/C10H10F2N2O/c11-7-2-1-3-8(12)10(7)14-5-6(13)4-9(14)15/h1-3,6H,4-5,13H2/t6-/m1/s1. The molecule has 5 heteroatoms. The number of hydrogen-bond donors (Lipinski definition) is 1. The number of amides is 1. The highest BCUT2D eigenvalue weighted by molar-refractivity contribution is 5.96. The molecule has 0 aliphatic carbocycles. The summed E-state index contributed by atoms with van der Waals surface area (Å²) in [5.41, 5.74) is 5.25. The summed E-state index contributed by atoms with van der Waals surface area (Å²) >= 11 is 0. The highest BCUT2D eigenvalue weighted by Gasteiger charge is 2.31. The second kappa shape index (κ2) is 3.58. The highest BCUT2D eigenvalue weighted by Crippen LogP contribution is 2.26. The maximum Gasteiger partial charge on any atom is 0.228 e. The molecule has 0 bridgehead atoms. The van der Waals surface area contributed by atoms with Crippen LogP contribution in [0.5, 0.6) is 0 Å². The first-order chi connectivity index (χ1) is 7.09. The Hall–Kier alpha value is -1.49. The van der Waals surface area contributed by atoms with Crippen molar-refractivity contribution >= 4 is 11.6 Å². The molecule has 1 amide bonds. The molecule has 1 aromatic rings. The molecule has 80 valence electrons. The van der Waals surface area contributed by atoms with Crippen molar-refractivity contribution in [2.24, 2.45) is 5.73 Å². The van der Waals surface area contributed by atoms with Gasteiger partial charge in [0.15, 0.2) is 0 Å². The molecular formula is C10H10F2N2O. The molecule has 1 fully saturated rings. The van der Waals surface area contributed by atoms with E-state index in [9.17, 15) is 13.6 Å². The van der Waals surface area contributed by atoms with Gasteiger partial charge in [-0.15, -0.1) is 0 Å². The topological polar surface area (TPSA) is 46.3 Å². The molecule has 0 spiro atoms. The number of rotatable bonds is 1. The Labute approximate surface area is 85.5 Å². The van der Waals surface area contributed by atoms with Gasteiger partial charge in [-0.2, -0.15) is 0 Å². The molecule has 1 heterocycles. The van der Waals surface area contributed by atoms with Crippen molar-refractivity contribution in [2.75, 3.05) is 11.4 Å². The molecule has 15 heavy (non-hydrogen) atoms. The van der Waals surface area contributed by atoms with Gasteiger partial charge in [-0.1, -0.05) is 6.07 Å². The first-order valence-electron chi connectivity index (χ1n) is 4.59. The number of benzene rings is 1. The van der Waals surface area contributed by atoms with Crippen LogP contribution in [0.3, 0.4) is 0 Å². The van der Waals surface area contributed by atoms with Crippen molar-refractivity contribution in [3.05, 3.63) is 29.8 Å². The van der Waals surface area contributed by atoms with Crippen molar-refractivity contribution < 1.29 is 13.6 Å². The summed E-state index contributed by atoms with van der Waals surface area (Å²) in [6, 6.07) is 3.15. The number of carbonyl (C=O) groups is 1. The zero-order valence-electron chi connectivity index (χ0n) is 7.91. The minimum Gasteiger partial charge on any atom is -0.326 e. The molecule has 1 saturated heterocycles. The Morgan fingerprint density at radius 1 is 1.33 bits per heavy atom. The largest absolute Gasteiger partial charge is 0.326 e. The van der Waals surface area contributed by atoms with Gasteiger partial charge in [-0.05, 0) is 12.1 Å². The number of para-hydroxylation sites is 1. The lowest BCUT2D eigenvalue weighted by atomic mass is 10.2. The summed E-state index contributed by atoms with van der Waals surface area (Å²) in [6.07, 6.45) is 0.133.